The number of hydrogen-bond donors (Lipinski definition) is 2. The Morgan fingerprint density at radius 2 is 2.00 bits per heavy atom. The first kappa shape index (κ1) is 17.2. The highest BCUT2D eigenvalue weighted by Crippen LogP contribution is 2.21. The van der Waals surface area contributed by atoms with E-state index < -0.39 is 10.0 Å². The number of nitrogens with zero attached hydrogens (tertiary/aromatic N) is 1. The Balaban J connectivity index is 1.79. The van der Waals surface area contributed by atoms with Crippen LogP contribution in [0.25, 0.3) is 0 Å². The van der Waals surface area contributed by atoms with Gasteiger partial charge in [0.05, 0.1) is 6.10 Å². The normalized spacial score (nSPS) is 18.2. The van der Waals surface area contributed by atoms with Gasteiger partial charge in [-0.25, -0.2) is 13.6 Å². The number of aryl methyl sites for hydroxylation is 1. The molecule has 1 aromatic rings. The van der Waals surface area contributed by atoms with Gasteiger partial charge in [-0.15, -0.1) is 11.8 Å². The SMILES string of the molecule is NS(=O)(=O)CSCCc1cscc1CN1CCC(O)CC1. The lowest BCUT2D eigenvalue weighted by Crippen LogP contribution is -2.35. The molecular weight excluding hydrogens is 328 g/mol. The summed E-state index contributed by atoms with van der Waals surface area (Å²) >= 11 is 3.05. The number of hydrogen-bond acceptors (Lipinski definition) is 6. The topological polar surface area (TPSA) is 83.6 Å². The van der Waals surface area contributed by atoms with Crippen LogP contribution >= 0.6 is 23.1 Å². The number of thiophene rings is 1. The summed E-state index contributed by atoms with van der Waals surface area (Å²) in [6, 6.07) is 0. The molecule has 0 aliphatic carbocycles. The van der Waals surface area contributed by atoms with Gasteiger partial charge in [-0.3, -0.25) is 4.90 Å². The van der Waals surface area contributed by atoms with Crippen molar-refractivity contribution in [1.82, 2.24) is 4.90 Å². The molecule has 3 N–H and O–H groups in total. The summed E-state index contributed by atoms with van der Waals surface area (Å²) in [4.78, 5) is 2.37. The first-order chi connectivity index (χ1) is 9.94. The lowest BCUT2D eigenvalue weighted by Gasteiger charge is -2.29. The van der Waals surface area contributed by atoms with Crippen molar-refractivity contribution < 1.29 is 13.5 Å². The van der Waals surface area contributed by atoms with Crippen molar-refractivity contribution >= 4 is 33.1 Å². The summed E-state index contributed by atoms with van der Waals surface area (Å²) in [6.45, 7) is 2.80. The molecule has 0 atom stereocenters. The van der Waals surface area contributed by atoms with Crippen LogP contribution in [0, 0.1) is 0 Å². The molecule has 21 heavy (non-hydrogen) atoms. The molecule has 0 bridgehead atoms. The highest BCUT2D eigenvalue weighted by Gasteiger charge is 2.18. The molecule has 8 heteroatoms. The molecular formula is C13H22N2O3S3. The smallest absolute Gasteiger partial charge is 0.218 e. The Kier molecular flexibility index (Phi) is 6.51. The number of nitrogens with two attached hydrogens (primary N) is 1. The third kappa shape index (κ3) is 6.25. The molecule has 2 heterocycles. The maximum absolute atomic E-state index is 10.9. The molecule has 1 aliphatic rings. The van der Waals surface area contributed by atoms with Crippen LogP contribution in [0.15, 0.2) is 10.8 Å². The van der Waals surface area contributed by atoms with E-state index in [1.54, 1.807) is 11.3 Å². The first-order valence-electron chi connectivity index (χ1n) is 6.96. The van der Waals surface area contributed by atoms with Crippen LogP contribution in [0.5, 0.6) is 0 Å². The van der Waals surface area contributed by atoms with Crippen LogP contribution in [0.2, 0.25) is 0 Å². The summed E-state index contributed by atoms with van der Waals surface area (Å²) in [7, 11) is -3.37. The predicted octanol–water partition coefficient (Wildman–Crippen LogP) is 1.23. The fourth-order valence-corrected chi connectivity index (χ4v) is 5.04. The second kappa shape index (κ2) is 7.94. The van der Waals surface area contributed by atoms with Gasteiger partial charge in [0.25, 0.3) is 0 Å². The molecule has 1 aromatic heterocycles. The van der Waals surface area contributed by atoms with Gasteiger partial charge in [0.15, 0.2) is 0 Å². The quantitative estimate of drug-likeness (QED) is 0.723. The molecule has 1 saturated heterocycles. The largest absolute Gasteiger partial charge is 0.393 e. The summed E-state index contributed by atoms with van der Waals surface area (Å²) in [5, 5.41) is 18.8. The second-order valence-electron chi connectivity index (χ2n) is 5.37. The molecule has 5 nitrogen and oxygen atoms in total. The zero-order valence-corrected chi connectivity index (χ0v) is 14.4. The molecule has 0 radical (unpaired) electrons. The van der Waals surface area contributed by atoms with Gasteiger partial charge < -0.3 is 5.11 Å². The Morgan fingerprint density at radius 3 is 2.67 bits per heavy atom. The Labute approximate surface area is 134 Å². The van der Waals surface area contributed by atoms with Crippen LogP contribution < -0.4 is 5.14 Å². The van der Waals surface area contributed by atoms with Gasteiger partial charge in [-0.2, -0.15) is 11.3 Å². The van der Waals surface area contributed by atoms with Crippen molar-refractivity contribution in [3.8, 4) is 0 Å². The summed E-state index contributed by atoms with van der Waals surface area (Å²) in [6.07, 6.45) is 2.43. The van der Waals surface area contributed by atoms with E-state index in [1.165, 1.54) is 22.9 Å². The maximum Gasteiger partial charge on any atom is 0.218 e. The van der Waals surface area contributed by atoms with Crippen LogP contribution in [0.4, 0.5) is 0 Å². The minimum Gasteiger partial charge on any atom is -0.393 e. The van der Waals surface area contributed by atoms with Crippen LogP contribution in [0.3, 0.4) is 0 Å². The van der Waals surface area contributed by atoms with Gasteiger partial charge in [-0.05, 0) is 46.9 Å². The predicted molar refractivity (Wildman–Crippen MR) is 89.0 cm³/mol. The number of rotatable bonds is 7. The third-order valence-electron chi connectivity index (χ3n) is 3.55. The highest BCUT2D eigenvalue weighted by atomic mass is 32.3. The van der Waals surface area contributed by atoms with Crippen molar-refractivity contribution in [2.75, 3.05) is 23.9 Å². The van der Waals surface area contributed by atoms with Crippen molar-refractivity contribution in [3.63, 3.8) is 0 Å². The van der Waals surface area contributed by atoms with E-state index in [1.807, 2.05) is 0 Å². The lowest BCUT2D eigenvalue weighted by atomic mass is 10.1. The zero-order chi connectivity index (χ0) is 15.3. The number of sulfonamides is 1. The minimum atomic E-state index is -3.37. The molecule has 1 aliphatic heterocycles. The van der Waals surface area contributed by atoms with Crippen molar-refractivity contribution in [2.45, 2.75) is 31.9 Å². The summed E-state index contributed by atoms with van der Waals surface area (Å²) in [5.74, 6) is 0.763. The molecule has 0 amide bonds. The molecule has 1 fully saturated rings. The maximum atomic E-state index is 10.9. The fourth-order valence-electron chi connectivity index (χ4n) is 2.38. The van der Waals surface area contributed by atoms with E-state index in [9.17, 15) is 13.5 Å². The average molecular weight is 351 g/mol. The first-order valence-corrected chi connectivity index (χ1v) is 10.8. The molecule has 0 unspecified atom stereocenters. The number of thioether (sulfide) groups is 1. The Hall–Kier alpha value is -0.120. The van der Waals surface area contributed by atoms with Crippen LogP contribution in [-0.4, -0.2) is 48.5 Å². The van der Waals surface area contributed by atoms with Gasteiger partial charge in [0.2, 0.25) is 10.0 Å². The van der Waals surface area contributed by atoms with E-state index in [0.29, 0.717) is 0 Å². The number of primary sulfonamides is 1. The standard InChI is InChI=1S/C13H22N2O3S3/c14-21(17,18)10-19-6-3-11-8-20-9-12(11)7-15-4-1-13(16)2-5-15/h8-9,13,16H,1-7,10H2,(H2,14,17,18). The fraction of sp³-hybridized carbons (Fsp3) is 0.692. The Morgan fingerprint density at radius 1 is 1.33 bits per heavy atom. The summed E-state index contributed by atoms with van der Waals surface area (Å²) in [5.41, 5.74) is 2.63. The van der Waals surface area contributed by atoms with E-state index >= 15 is 0 Å². The van der Waals surface area contributed by atoms with E-state index in [2.05, 4.69) is 15.7 Å². The second-order valence-corrected chi connectivity index (χ2v) is 9.20. The van der Waals surface area contributed by atoms with Gasteiger partial charge in [-0.1, -0.05) is 0 Å². The van der Waals surface area contributed by atoms with Crippen molar-refractivity contribution in [1.29, 1.82) is 0 Å². The van der Waals surface area contributed by atoms with Crippen molar-refractivity contribution in [3.05, 3.63) is 21.9 Å². The van der Waals surface area contributed by atoms with E-state index in [0.717, 1.165) is 44.6 Å². The number of aliphatic hydroxyl groups is 1. The summed E-state index contributed by atoms with van der Waals surface area (Å²) < 4.78 is 21.8. The van der Waals surface area contributed by atoms with Gasteiger partial charge >= 0.3 is 0 Å². The molecule has 120 valence electrons. The average Bonchev–Trinajstić information content (AvgIpc) is 2.84. The number of aliphatic hydroxyl groups excluding tert-OH is 1. The van der Waals surface area contributed by atoms with E-state index in [4.69, 9.17) is 5.14 Å². The van der Waals surface area contributed by atoms with Crippen LogP contribution in [-0.2, 0) is 23.0 Å². The van der Waals surface area contributed by atoms with Crippen molar-refractivity contribution in [2.24, 2.45) is 5.14 Å². The monoisotopic (exact) mass is 350 g/mol. The minimum absolute atomic E-state index is 0.0174. The molecule has 0 spiro atoms. The highest BCUT2D eigenvalue weighted by molar-refractivity contribution is 8.11. The van der Waals surface area contributed by atoms with Crippen LogP contribution in [0.1, 0.15) is 24.0 Å². The zero-order valence-electron chi connectivity index (χ0n) is 11.9. The molecule has 2 rings (SSSR count). The number of likely N-dealkylation sites (tertiary alicyclic amines) is 1. The van der Waals surface area contributed by atoms with Gasteiger partial charge in [0, 0.05) is 19.6 Å². The third-order valence-corrected chi connectivity index (χ3v) is 6.86. The number of piperidine rings is 1. The Bertz CT molecular complexity index is 537. The molecule has 0 aromatic carbocycles. The van der Waals surface area contributed by atoms with E-state index in [-0.39, 0.29) is 11.2 Å². The molecule has 0 saturated carbocycles. The van der Waals surface area contributed by atoms with Gasteiger partial charge in [0.1, 0.15) is 5.08 Å². The lowest BCUT2D eigenvalue weighted by molar-refractivity contribution is 0.0792.